The Labute approximate surface area is 291 Å². The third-order valence-corrected chi connectivity index (χ3v) is 10.1. The lowest BCUT2D eigenvalue weighted by Crippen LogP contribution is -2.40. The van der Waals surface area contributed by atoms with E-state index in [1.165, 1.54) is 0 Å². The van der Waals surface area contributed by atoms with E-state index in [0.29, 0.717) is 54.2 Å². The molecule has 0 bridgehead atoms. The Morgan fingerprint density at radius 3 is 2.06 bits per heavy atom. The summed E-state index contributed by atoms with van der Waals surface area (Å²) in [7, 11) is 4.28. The van der Waals surface area contributed by atoms with E-state index in [9.17, 15) is 0 Å². The average molecular weight is 688 g/mol. The predicted octanol–water partition coefficient (Wildman–Crippen LogP) is 3.25. The average Bonchev–Trinajstić information content (AvgIpc) is 3.95. The van der Waals surface area contributed by atoms with Gasteiger partial charge in [-0.1, -0.05) is 0 Å². The maximum Gasteiger partial charge on any atom is 0.282 e. The number of anilines is 4. The molecule has 0 amide bonds. The van der Waals surface area contributed by atoms with E-state index in [1.54, 1.807) is 12.4 Å². The van der Waals surface area contributed by atoms with Crippen LogP contribution in [0.1, 0.15) is 68.0 Å². The quantitative estimate of drug-likeness (QED) is 0.170. The summed E-state index contributed by atoms with van der Waals surface area (Å²) in [5.74, 6) is 4.11. The molecular weight excluding hydrogens is 640 g/mol. The van der Waals surface area contributed by atoms with Crippen LogP contribution in [-0.4, -0.2) is 117 Å². The Hall–Kier alpha value is -4.38. The van der Waals surface area contributed by atoms with Crippen molar-refractivity contribution >= 4 is 23.3 Å². The lowest BCUT2D eigenvalue weighted by Gasteiger charge is -2.28. The van der Waals surface area contributed by atoms with Gasteiger partial charge in [0.15, 0.2) is 17.5 Å². The third-order valence-electron chi connectivity index (χ3n) is 10.1. The molecule has 266 valence electrons. The molecule has 0 radical (unpaired) electrons. The Morgan fingerprint density at radius 2 is 1.38 bits per heavy atom. The standard InChI is InChI=1S/C34H46N12O4/c1-44-8-3-24(4-9-44)49-32-17-35-16-30(38-32)36-28-15-27(41-42-28)23-13-34(48-21-23)46-18-31(37-29-14-26(40-43-29)22-7-12-47-20-22)39-33(19-46)50-25-5-10-45(2)11-6-25/h14-19,22-25,34,39H,3-13,20-21H2,1-2H3,(H2,35,36,37,38,40,41,42,43)/p+1/t22-,23+,34?/m0/s1. The van der Waals surface area contributed by atoms with Gasteiger partial charge in [-0.2, -0.15) is 24.7 Å². The monoisotopic (exact) mass is 687 g/mol. The number of H-pyrrole nitrogens is 2. The van der Waals surface area contributed by atoms with Gasteiger partial charge in [0.2, 0.25) is 24.1 Å². The predicted molar refractivity (Wildman–Crippen MR) is 183 cm³/mol. The maximum absolute atomic E-state index is 6.45. The summed E-state index contributed by atoms with van der Waals surface area (Å²) < 4.78 is 26.6. The van der Waals surface area contributed by atoms with Crippen LogP contribution in [0.4, 0.5) is 23.3 Å². The lowest BCUT2D eigenvalue weighted by atomic mass is 10.0. The van der Waals surface area contributed by atoms with Gasteiger partial charge in [-0.25, -0.2) is 0 Å². The van der Waals surface area contributed by atoms with Crippen molar-refractivity contribution in [2.45, 2.75) is 68.8 Å². The van der Waals surface area contributed by atoms with Crippen LogP contribution in [0, 0.1) is 0 Å². The van der Waals surface area contributed by atoms with Crippen molar-refractivity contribution in [2.75, 3.05) is 70.7 Å². The molecule has 50 heavy (non-hydrogen) atoms. The molecule has 4 fully saturated rings. The highest BCUT2D eigenvalue weighted by molar-refractivity contribution is 5.52. The Bertz CT molecular complexity index is 1710. The van der Waals surface area contributed by atoms with E-state index in [2.05, 4.69) is 69.5 Å². The lowest BCUT2D eigenvalue weighted by molar-refractivity contribution is -0.758. The number of hydrogen-bond donors (Lipinski definition) is 4. The van der Waals surface area contributed by atoms with E-state index in [-0.39, 0.29) is 24.4 Å². The molecule has 4 aromatic rings. The number of nitrogens with zero attached hydrogens (tertiary/aromatic N) is 8. The van der Waals surface area contributed by atoms with Crippen LogP contribution in [0.5, 0.6) is 11.8 Å². The van der Waals surface area contributed by atoms with Crippen LogP contribution in [0.3, 0.4) is 0 Å². The van der Waals surface area contributed by atoms with Gasteiger partial charge in [0.05, 0.1) is 25.6 Å². The summed E-state index contributed by atoms with van der Waals surface area (Å²) in [6.45, 7) is 6.08. The zero-order chi connectivity index (χ0) is 33.9. The largest absolute Gasteiger partial charge is 0.473 e. The van der Waals surface area contributed by atoms with Gasteiger partial charge in [-0.05, 0) is 46.2 Å². The zero-order valence-electron chi connectivity index (χ0n) is 28.8. The second kappa shape index (κ2) is 14.8. The van der Waals surface area contributed by atoms with Crippen LogP contribution in [0.15, 0.2) is 36.9 Å². The van der Waals surface area contributed by atoms with Crippen LogP contribution in [0.2, 0.25) is 0 Å². The smallest absolute Gasteiger partial charge is 0.282 e. The van der Waals surface area contributed by atoms with Crippen LogP contribution < -0.4 is 24.7 Å². The summed E-state index contributed by atoms with van der Waals surface area (Å²) in [6.07, 6.45) is 12.9. The second-order valence-electron chi connectivity index (χ2n) is 14.0. The Kier molecular flexibility index (Phi) is 9.74. The molecule has 4 aliphatic rings. The molecule has 8 rings (SSSR count). The number of aromatic amines is 2. The number of rotatable bonds is 11. The van der Waals surface area contributed by atoms with Crippen molar-refractivity contribution in [1.82, 2.24) is 45.1 Å². The number of likely N-dealkylation sites (tertiary alicyclic amines) is 2. The molecule has 4 N–H and O–H groups in total. The van der Waals surface area contributed by atoms with Crippen molar-refractivity contribution in [2.24, 2.45) is 0 Å². The molecule has 8 heterocycles. The molecule has 1 unspecified atom stereocenters. The van der Waals surface area contributed by atoms with Gasteiger partial charge in [0, 0.05) is 74.6 Å². The van der Waals surface area contributed by atoms with Gasteiger partial charge in [0.25, 0.3) is 12.1 Å². The van der Waals surface area contributed by atoms with Gasteiger partial charge in [-0.3, -0.25) is 15.2 Å². The first-order valence-electron chi connectivity index (χ1n) is 17.8. The highest BCUT2D eigenvalue weighted by Gasteiger charge is 2.35. The molecule has 0 spiro atoms. The summed E-state index contributed by atoms with van der Waals surface area (Å²) in [5, 5.41) is 22.0. The van der Waals surface area contributed by atoms with Gasteiger partial charge < -0.3 is 39.4 Å². The fourth-order valence-corrected chi connectivity index (χ4v) is 7.07. The minimum Gasteiger partial charge on any atom is -0.473 e. The van der Waals surface area contributed by atoms with E-state index < -0.39 is 0 Å². The minimum atomic E-state index is -0.215. The summed E-state index contributed by atoms with van der Waals surface area (Å²) >= 11 is 0. The second-order valence-corrected chi connectivity index (χ2v) is 14.0. The third kappa shape index (κ3) is 7.98. The van der Waals surface area contributed by atoms with Gasteiger partial charge >= 0.3 is 0 Å². The van der Waals surface area contributed by atoms with Crippen LogP contribution in [-0.2, 0) is 9.47 Å². The highest BCUT2D eigenvalue weighted by Crippen LogP contribution is 2.34. The molecule has 16 nitrogen and oxygen atoms in total. The minimum absolute atomic E-state index is 0.112. The first-order chi connectivity index (χ1) is 24.5. The molecule has 0 saturated carbocycles. The summed E-state index contributed by atoms with van der Waals surface area (Å²) in [4.78, 5) is 18.4. The van der Waals surface area contributed by atoms with E-state index in [4.69, 9.17) is 23.9 Å². The van der Waals surface area contributed by atoms with Crippen molar-refractivity contribution in [3.8, 4) is 11.8 Å². The molecule has 4 aliphatic heterocycles. The normalized spacial score (nSPS) is 24.1. The van der Waals surface area contributed by atoms with Crippen molar-refractivity contribution in [1.29, 1.82) is 0 Å². The number of nitrogens with one attached hydrogen (secondary N) is 4. The summed E-state index contributed by atoms with van der Waals surface area (Å²) in [5.41, 5.74) is 2.05. The summed E-state index contributed by atoms with van der Waals surface area (Å²) in [6, 6.07) is 4.04. The van der Waals surface area contributed by atoms with E-state index in [0.717, 1.165) is 82.7 Å². The molecular formula is C34H47N12O4+. The molecule has 0 aromatic carbocycles. The SMILES string of the molecule is CN1CCC(Oc2c[n+](C3C[C@@H](c4cc(Nc5cncc(OC6CCN(C)CC6)n5)n[nH]4)CO3)cc(Nc3cc([C@H]4CCOC4)[nH]n3)n2)CC1. The maximum atomic E-state index is 6.45. The molecule has 4 saturated heterocycles. The number of aromatic nitrogens is 8. The number of ether oxygens (including phenoxy) is 4. The highest BCUT2D eigenvalue weighted by atomic mass is 16.5. The van der Waals surface area contributed by atoms with Crippen LogP contribution in [0.25, 0.3) is 0 Å². The Balaban J connectivity index is 0.934. The molecule has 16 heteroatoms. The first-order valence-corrected chi connectivity index (χ1v) is 17.8. The van der Waals surface area contributed by atoms with Crippen molar-refractivity contribution in [3.05, 3.63) is 48.3 Å². The number of piperidine rings is 2. The van der Waals surface area contributed by atoms with Gasteiger partial charge in [0.1, 0.15) is 12.2 Å². The fraction of sp³-hybridized carbons (Fsp3) is 0.588. The zero-order valence-corrected chi connectivity index (χ0v) is 28.8. The van der Waals surface area contributed by atoms with Crippen molar-refractivity contribution < 1.29 is 23.5 Å². The molecule has 4 aromatic heterocycles. The van der Waals surface area contributed by atoms with Crippen molar-refractivity contribution in [3.63, 3.8) is 0 Å². The topological polar surface area (TPSA) is 167 Å². The first kappa shape index (κ1) is 32.8. The molecule has 0 aliphatic carbocycles. The number of hydrogen-bond acceptors (Lipinski definition) is 13. The van der Waals surface area contributed by atoms with Gasteiger partial charge in [-0.15, -0.1) is 0 Å². The molecule has 3 atom stereocenters. The van der Waals surface area contributed by atoms with Crippen LogP contribution >= 0.6 is 0 Å². The van der Waals surface area contributed by atoms with E-state index >= 15 is 0 Å². The van der Waals surface area contributed by atoms with E-state index in [1.807, 2.05) is 24.5 Å². The Morgan fingerprint density at radius 1 is 0.740 bits per heavy atom. The fourth-order valence-electron chi connectivity index (χ4n) is 7.07.